The molecule has 2 rings (SSSR count). The summed E-state index contributed by atoms with van der Waals surface area (Å²) in [5.74, 6) is 1.54. The standard InChI is InChI=1S/C11H14N4/c12-5-9-1-2-11(14-7-9)15-8-10-3-4-13-6-10/h1-2,7,10,13H,3-4,6,8H2,(H,14,15)/t10-/m1/s1. The first-order chi connectivity index (χ1) is 7.38. The number of nitrogens with zero attached hydrogens (tertiary/aromatic N) is 2. The quantitative estimate of drug-likeness (QED) is 0.767. The van der Waals surface area contributed by atoms with Crippen molar-refractivity contribution in [3.05, 3.63) is 23.9 Å². The van der Waals surface area contributed by atoms with E-state index in [1.165, 1.54) is 6.42 Å². The molecule has 0 unspecified atom stereocenters. The van der Waals surface area contributed by atoms with Crippen LogP contribution in [0.5, 0.6) is 0 Å². The Morgan fingerprint density at radius 3 is 3.13 bits per heavy atom. The Hall–Kier alpha value is -1.60. The monoisotopic (exact) mass is 202 g/mol. The molecule has 2 heterocycles. The maximum atomic E-state index is 8.61. The number of rotatable bonds is 3. The second-order valence-corrected chi connectivity index (χ2v) is 3.78. The molecule has 1 aromatic rings. The third-order valence-corrected chi connectivity index (χ3v) is 2.63. The van der Waals surface area contributed by atoms with Gasteiger partial charge in [0.15, 0.2) is 0 Å². The van der Waals surface area contributed by atoms with E-state index < -0.39 is 0 Å². The number of hydrogen-bond donors (Lipinski definition) is 2. The van der Waals surface area contributed by atoms with Crippen LogP contribution in [0, 0.1) is 17.2 Å². The maximum Gasteiger partial charge on any atom is 0.125 e. The number of nitriles is 1. The number of pyridine rings is 1. The van der Waals surface area contributed by atoms with Crippen molar-refractivity contribution in [3.63, 3.8) is 0 Å². The fraction of sp³-hybridized carbons (Fsp3) is 0.455. The van der Waals surface area contributed by atoms with Crippen molar-refractivity contribution >= 4 is 5.82 Å². The second-order valence-electron chi connectivity index (χ2n) is 3.78. The Bertz CT molecular complexity index is 346. The molecular weight excluding hydrogens is 188 g/mol. The lowest BCUT2D eigenvalue weighted by molar-refractivity contribution is 0.614. The van der Waals surface area contributed by atoms with Crippen molar-refractivity contribution in [2.24, 2.45) is 5.92 Å². The Labute approximate surface area is 89.3 Å². The predicted molar refractivity (Wildman–Crippen MR) is 58.4 cm³/mol. The fourth-order valence-electron chi connectivity index (χ4n) is 1.70. The summed E-state index contributed by atoms with van der Waals surface area (Å²) in [4.78, 5) is 4.16. The molecular formula is C11H14N4. The molecule has 1 atom stereocenters. The summed E-state index contributed by atoms with van der Waals surface area (Å²) in [7, 11) is 0. The first-order valence-corrected chi connectivity index (χ1v) is 5.19. The van der Waals surface area contributed by atoms with Crippen LogP contribution in [0.15, 0.2) is 18.3 Å². The zero-order valence-corrected chi connectivity index (χ0v) is 8.53. The molecule has 0 amide bonds. The molecule has 2 N–H and O–H groups in total. The van der Waals surface area contributed by atoms with Gasteiger partial charge in [0.05, 0.1) is 5.56 Å². The maximum absolute atomic E-state index is 8.61. The first-order valence-electron chi connectivity index (χ1n) is 5.19. The third-order valence-electron chi connectivity index (χ3n) is 2.63. The van der Waals surface area contributed by atoms with E-state index in [0.717, 1.165) is 25.5 Å². The van der Waals surface area contributed by atoms with Crippen LogP contribution in [0.4, 0.5) is 5.82 Å². The molecule has 1 fully saturated rings. The van der Waals surface area contributed by atoms with Crippen LogP contribution in [-0.4, -0.2) is 24.6 Å². The van der Waals surface area contributed by atoms with Crippen LogP contribution >= 0.6 is 0 Å². The molecule has 1 saturated heterocycles. The number of nitrogens with one attached hydrogen (secondary N) is 2. The van der Waals surface area contributed by atoms with E-state index in [-0.39, 0.29) is 0 Å². The van der Waals surface area contributed by atoms with Crippen molar-refractivity contribution < 1.29 is 0 Å². The molecule has 78 valence electrons. The molecule has 0 bridgehead atoms. The lowest BCUT2D eigenvalue weighted by Gasteiger charge is -2.10. The minimum atomic E-state index is 0.600. The summed E-state index contributed by atoms with van der Waals surface area (Å²) in [6.45, 7) is 3.16. The van der Waals surface area contributed by atoms with E-state index in [1.54, 1.807) is 12.3 Å². The van der Waals surface area contributed by atoms with Crippen LogP contribution in [0.1, 0.15) is 12.0 Å². The summed E-state index contributed by atoms with van der Waals surface area (Å²) in [6, 6.07) is 5.68. The third kappa shape index (κ3) is 2.67. The molecule has 1 aliphatic heterocycles. The molecule has 0 spiro atoms. The number of hydrogen-bond acceptors (Lipinski definition) is 4. The van der Waals surface area contributed by atoms with Gasteiger partial charge in [-0.05, 0) is 37.6 Å². The normalized spacial score (nSPS) is 19.8. The summed E-state index contributed by atoms with van der Waals surface area (Å²) in [6.07, 6.45) is 2.82. The topological polar surface area (TPSA) is 60.7 Å². The van der Waals surface area contributed by atoms with Gasteiger partial charge in [-0.15, -0.1) is 0 Å². The lowest BCUT2D eigenvalue weighted by atomic mass is 10.1. The van der Waals surface area contributed by atoms with Gasteiger partial charge in [0.25, 0.3) is 0 Å². The molecule has 1 aromatic heterocycles. The molecule has 15 heavy (non-hydrogen) atoms. The average molecular weight is 202 g/mol. The highest BCUT2D eigenvalue weighted by Gasteiger charge is 2.13. The smallest absolute Gasteiger partial charge is 0.125 e. The molecule has 4 nitrogen and oxygen atoms in total. The average Bonchev–Trinajstić information content (AvgIpc) is 2.80. The number of anilines is 1. The highest BCUT2D eigenvalue weighted by molar-refractivity contribution is 5.38. The molecule has 0 radical (unpaired) electrons. The lowest BCUT2D eigenvalue weighted by Crippen LogP contribution is -2.17. The predicted octanol–water partition coefficient (Wildman–Crippen LogP) is 0.975. The van der Waals surface area contributed by atoms with Crippen molar-refractivity contribution in [2.75, 3.05) is 25.0 Å². The van der Waals surface area contributed by atoms with Gasteiger partial charge in [0.2, 0.25) is 0 Å². The largest absolute Gasteiger partial charge is 0.370 e. The minimum absolute atomic E-state index is 0.600. The Balaban J connectivity index is 1.85. The van der Waals surface area contributed by atoms with Crippen LogP contribution in [0.3, 0.4) is 0 Å². The zero-order chi connectivity index (χ0) is 10.5. The van der Waals surface area contributed by atoms with Crippen molar-refractivity contribution in [1.82, 2.24) is 10.3 Å². The van der Waals surface area contributed by atoms with Crippen molar-refractivity contribution in [2.45, 2.75) is 6.42 Å². The van der Waals surface area contributed by atoms with E-state index in [2.05, 4.69) is 21.7 Å². The van der Waals surface area contributed by atoms with E-state index in [9.17, 15) is 0 Å². The van der Waals surface area contributed by atoms with E-state index in [4.69, 9.17) is 5.26 Å². The van der Waals surface area contributed by atoms with Gasteiger partial charge in [-0.3, -0.25) is 0 Å². The molecule has 0 saturated carbocycles. The summed E-state index contributed by atoms with van der Waals surface area (Å²) < 4.78 is 0. The molecule has 4 heteroatoms. The summed E-state index contributed by atoms with van der Waals surface area (Å²) >= 11 is 0. The van der Waals surface area contributed by atoms with Gasteiger partial charge in [0, 0.05) is 12.7 Å². The highest BCUT2D eigenvalue weighted by atomic mass is 15.0. The van der Waals surface area contributed by atoms with Gasteiger partial charge in [0.1, 0.15) is 11.9 Å². The van der Waals surface area contributed by atoms with Gasteiger partial charge < -0.3 is 10.6 Å². The molecule has 1 aliphatic rings. The summed E-state index contributed by atoms with van der Waals surface area (Å²) in [5, 5.41) is 15.2. The highest BCUT2D eigenvalue weighted by Crippen LogP contribution is 2.09. The van der Waals surface area contributed by atoms with Gasteiger partial charge >= 0.3 is 0 Å². The fourth-order valence-corrected chi connectivity index (χ4v) is 1.70. The number of aromatic nitrogens is 1. The SMILES string of the molecule is N#Cc1ccc(NC[C@@H]2CCNC2)nc1. The Morgan fingerprint density at radius 2 is 2.53 bits per heavy atom. The first kappa shape index (κ1) is 9.94. The van der Waals surface area contributed by atoms with E-state index in [1.807, 2.05) is 6.07 Å². The Kier molecular flexibility index (Phi) is 3.15. The van der Waals surface area contributed by atoms with Crippen LogP contribution in [-0.2, 0) is 0 Å². The summed E-state index contributed by atoms with van der Waals surface area (Å²) in [5.41, 5.74) is 0.600. The van der Waals surface area contributed by atoms with Crippen LogP contribution in [0.2, 0.25) is 0 Å². The molecule has 0 aromatic carbocycles. The van der Waals surface area contributed by atoms with Crippen LogP contribution in [0.25, 0.3) is 0 Å². The van der Waals surface area contributed by atoms with Gasteiger partial charge in [-0.1, -0.05) is 0 Å². The van der Waals surface area contributed by atoms with E-state index in [0.29, 0.717) is 11.5 Å². The molecule has 0 aliphatic carbocycles. The van der Waals surface area contributed by atoms with Crippen LogP contribution < -0.4 is 10.6 Å². The van der Waals surface area contributed by atoms with E-state index >= 15 is 0 Å². The second kappa shape index (κ2) is 4.76. The van der Waals surface area contributed by atoms with Gasteiger partial charge in [-0.25, -0.2) is 4.98 Å². The zero-order valence-electron chi connectivity index (χ0n) is 8.53. The minimum Gasteiger partial charge on any atom is -0.370 e. The van der Waals surface area contributed by atoms with Crippen molar-refractivity contribution in [3.8, 4) is 6.07 Å². The Morgan fingerprint density at radius 1 is 1.60 bits per heavy atom. The van der Waals surface area contributed by atoms with Gasteiger partial charge in [-0.2, -0.15) is 5.26 Å². The van der Waals surface area contributed by atoms with Crippen molar-refractivity contribution in [1.29, 1.82) is 5.26 Å².